The van der Waals surface area contributed by atoms with Crippen molar-refractivity contribution in [3.63, 3.8) is 0 Å². The van der Waals surface area contributed by atoms with Crippen LogP contribution < -0.4 is 9.64 Å². The lowest BCUT2D eigenvalue weighted by Gasteiger charge is -2.32. The first kappa shape index (κ1) is 27.1. The highest BCUT2D eigenvalue weighted by molar-refractivity contribution is 7.89. The number of sulfonamides is 1. The van der Waals surface area contributed by atoms with Gasteiger partial charge in [0.25, 0.3) is 0 Å². The van der Waals surface area contributed by atoms with E-state index in [9.17, 15) is 33.0 Å². The van der Waals surface area contributed by atoms with Crippen LogP contribution in [-0.2, 0) is 19.6 Å². The van der Waals surface area contributed by atoms with Gasteiger partial charge in [0.1, 0.15) is 17.8 Å². The summed E-state index contributed by atoms with van der Waals surface area (Å²) in [5.74, 6) is -1.93. The predicted octanol–water partition coefficient (Wildman–Crippen LogP) is 1.69. The van der Waals surface area contributed by atoms with Crippen LogP contribution in [0.5, 0.6) is 5.75 Å². The van der Waals surface area contributed by atoms with Crippen LogP contribution in [-0.4, -0.2) is 84.6 Å². The van der Waals surface area contributed by atoms with Gasteiger partial charge >= 0.3 is 12.1 Å². The Morgan fingerprint density at radius 1 is 1.06 bits per heavy atom. The average Bonchev–Trinajstić information content (AvgIpc) is 3.23. The molecule has 1 aliphatic rings. The summed E-state index contributed by atoms with van der Waals surface area (Å²) in [6.45, 7) is 2.80. The molecule has 0 spiro atoms. The van der Waals surface area contributed by atoms with Gasteiger partial charge in [-0.3, -0.25) is 9.69 Å². The lowest BCUT2D eigenvalue weighted by atomic mass is 10.1. The molecule has 12 heteroatoms. The second-order valence-corrected chi connectivity index (χ2v) is 10.7. The Labute approximate surface area is 209 Å². The van der Waals surface area contributed by atoms with Gasteiger partial charge in [0.2, 0.25) is 15.9 Å². The molecule has 2 aromatic carbocycles. The Hall–Kier alpha value is -3.48. The minimum Gasteiger partial charge on any atom is -0.480 e. The first-order chi connectivity index (χ1) is 16.8. The van der Waals surface area contributed by atoms with Gasteiger partial charge in [0.05, 0.1) is 11.0 Å². The number of ether oxygens (including phenoxy) is 1. The zero-order valence-corrected chi connectivity index (χ0v) is 21.2. The first-order valence-electron chi connectivity index (χ1n) is 11.1. The van der Waals surface area contributed by atoms with E-state index < -0.39 is 46.2 Å². The van der Waals surface area contributed by atoms with Gasteiger partial charge < -0.3 is 19.8 Å². The molecule has 0 radical (unpaired) electrons. The van der Waals surface area contributed by atoms with Gasteiger partial charge in [-0.15, -0.1) is 0 Å². The second-order valence-electron chi connectivity index (χ2n) is 8.77. The molecule has 1 aliphatic heterocycles. The largest absolute Gasteiger partial charge is 0.480 e. The van der Waals surface area contributed by atoms with Gasteiger partial charge in [-0.1, -0.05) is 17.7 Å². The number of carboxylic acid groups (broad SMARTS) is 1. The highest BCUT2D eigenvalue weighted by Crippen LogP contribution is 2.31. The number of amides is 2. The number of carbonyl (C=O) groups excluding carboxylic acids is 2. The predicted molar refractivity (Wildman–Crippen MR) is 130 cm³/mol. The molecule has 36 heavy (non-hydrogen) atoms. The van der Waals surface area contributed by atoms with Crippen LogP contribution in [0.3, 0.4) is 0 Å². The standard InChI is InChI=1S/C24H29N3O8S/c1-15-5-11-20(12-6-15)36(33,34)26-14-18(28)13-21(26)22(29)27(16(2)23(30)31)17-7-9-19(10-8-17)35-24(32)25(3)4/h5-12,16,18,21,28H,13-14H2,1-4H3,(H,30,31)/t16-,18+,21-/m0/s1. The topological polar surface area (TPSA) is 145 Å². The molecule has 0 aromatic heterocycles. The normalized spacial score (nSPS) is 18.9. The van der Waals surface area contributed by atoms with Crippen molar-refractivity contribution in [1.29, 1.82) is 0 Å². The van der Waals surface area contributed by atoms with Gasteiger partial charge in [-0.2, -0.15) is 4.31 Å². The van der Waals surface area contributed by atoms with E-state index in [1.807, 2.05) is 0 Å². The minimum absolute atomic E-state index is 0.0371. The maximum Gasteiger partial charge on any atom is 0.414 e. The molecule has 3 rings (SSSR count). The zero-order chi connectivity index (χ0) is 26.8. The summed E-state index contributed by atoms with van der Waals surface area (Å²) < 4.78 is 32.8. The van der Waals surface area contributed by atoms with Crippen molar-refractivity contribution in [1.82, 2.24) is 9.21 Å². The number of aliphatic hydroxyl groups is 1. The number of aryl methyl sites for hydroxylation is 1. The molecule has 1 fully saturated rings. The van der Waals surface area contributed by atoms with Crippen molar-refractivity contribution in [2.45, 2.75) is 43.4 Å². The number of anilines is 1. The van der Waals surface area contributed by atoms with Crippen molar-refractivity contribution >= 4 is 33.7 Å². The number of carbonyl (C=O) groups is 3. The molecule has 0 saturated carbocycles. The molecule has 1 heterocycles. The Balaban J connectivity index is 1.96. The number of hydrogen-bond acceptors (Lipinski definition) is 7. The fourth-order valence-electron chi connectivity index (χ4n) is 3.80. The molecule has 0 unspecified atom stereocenters. The molecule has 2 amide bonds. The number of carboxylic acids is 1. The summed E-state index contributed by atoms with van der Waals surface area (Å²) in [7, 11) is -1.13. The lowest BCUT2D eigenvalue weighted by molar-refractivity contribution is -0.140. The molecule has 0 bridgehead atoms. The third-order valence-electron chi connectivity index (χ3n) is 5.81. The minimum atomic E-state index is -4.16. The highest BCUT2D eigenvalue weighted by atomic mass is 32.2. The summed E-state index contributed by atoms with van der Waals surface area (Å²) in [5, 5.41) is 20.0. The van der Waals surface area contributed by atoms with Crippen molar-refractivity contribution in [3.8, 4) is 5.75 Å². The van der Waals surface area contributed by atoms with E-state index in [4.69, 9.17) is 4.74 Å². The first-order valence-corrected chi connectivity index (χ1v) is 12.6. The zero-order valence-electron chi connectivity index (χ0n) is 20.4. The van der Waals surface area contributed by atoms with Crippen LogP contribution in [0.1, 0.15) is 18.9 Å². The molecule has 194 valence electrons. The number of rotatable bonds is 7. The molecular formula is C24H29N3O8S. The van der Waals surface area contributed by atoms with Crippen molar-refractivity contribution in [3.05, 3.63) is 54.1 Å². The van der Waals surface area contributed by atoms with Crippen molar-refractivity contribution in [2.75, 3.05) is 25.5 Å². The van der Waals surface area contributed by atoms with Crippen LogP contribution in [0.4, 0.5) is 10.5 Å². The molecule has 11 nitrogen and oxygen atoms in total. The maximum absolute atomic E-state index is 13.7. The van der Waals surface area contributed by atoms with Crippen molar-refractivity contribution < 1.29 is 37.8 Å². The lowest BCUT2D eigenvalue weighted by Crippen LogP contribution is -2.52. The van der Waals surface area contributed by atoms with Gasteiger partial charge in [-0.25, -0.2) is 18.0 Å². The van der Waals surface area contributed by atoms with Crippen LogP contribution in [0.2, 0.25) is 0 Å². The Morgan fingerprint density at radius 2 is 1.64 bits per heavy atom. The number of hydrogen-bond donors (Lipinski definition) is 2. The highest BCUT2D eigenvalue weighted by Gasteiger charge is 2.46. The van der Waals surface area contributed by atoms with E-state index in [0.29, 0.717) is 0 Å². The second kappa shape index (κ2) is 10.6. The maximum atomic E-state index is 13.7. The third kappa shape index (κ3) is 5.66. The SMILES string of the molecule is Cc1ccc(S(=O)(=O)N2C[C@H](O)C[C@H]2C(=O)N(c2ccc(OC(=O)N(C)C)cc2)[C@@H](C)C(=O)O)cc1. The smallest absolute Gasteiger partial charge is 0.414 e. The van der Waals surface area contributed by atoms with Gasteiger partial charge in [-0.05, 0) is 50.2 Å². The van der Waals surface area contributed by atoms with E-state index in [1.54, 1.807) is 19.1 Å². The number of nitrogens with zero attached hydrogens (tertiary/aromatic N) is 3. The van der Waals surface area contributed by atoms with Crippen molar-refractivity contribution in [2.24, 2.45) is 0 Å². The van der Waals surface area contributed by atoms with E-state index in [2.05, 4.69) is 0 Å². The van der Waals surface area contributed by atoms with Crippen LogP contribution >= 0.6 is 0 Å². The quantitative estimate of drug-likeness (QED) is 0.562. The molecule has 0 aliphatic carbocycles. The van der Waals surface area contributed by atoms with Crippen LogP contribution in [0, 0.1) is 6.92 Å². The van der Waals surface area contributed by atoms with Crippen LogP contribution in [0.15, 0.2) is 53.4 Å². The average molecular weight is 520 g/mol. The summed E-state index contributed by atoms with van der Waals surface area (Å²) in [6, 6.07) is 9.02. The molecule has 1 saturated heterocycles. The number of benzene rings is 2. The van der Waals surface area contributed by atoms with Gasteiger partial charge in [0.15, 0.2) is 0 Å². The third-order valence-corrected chi connectivity index (χ3v) is 7.70. The fraction of sp³-hybridized carbons (Fsp3) is 0.375. The fourth-order valence-corrected chi connectivity index (χ4v) is 5.43. The molecular weight excluding hydrogens is 490 g/mol. The molecule has 2 aromatic rings. The number of aliphatic carboxylic acids is 1. The summed E-state index contributed by atoms with van der Waals surface area (Å²) in [6.07, 6.45) is -1.91. The van der Waals surface area contributed by atoms with Gasteiger partial charge in [0, 0.05) is 32.7 Å². The summed E-state index contributed by atoms with van der Waals surface area (Å²) in [5.41, 5.74) is 1.01. The van der Waals surface area contributed by atoms with E-state index in [-0.39, 0.29) is 29.3 Å². The molecule has 2 N–H and O–H groups in total. The number of β-amino-alcohol motifs (C(OH)–C–C–N with tert-alkyl or cyclic N) is 1. The van der Waals surface area contributed by atoms with Crippen LogP contribution in [0.25, 0.3) is 0 Å². The number of aliphatic hydroxyl groups excluding tert-OH is 1. The van der Waals surface area contributed by atoms with E-state index in [0.717, 1.165) is 14.8 Å². The summed E-state index contributed by atoms with van der Waals surface area (Å²) in [4.78, 5) is 39.5. The monoisotopic (exact) mass is 519 g/mol. The molecule has 3 atom stereocenters. The van der Waals surface area contributed by atoms with E-state index >= 15 is 0 Å². The summed E-state index contributed by atoms with van der Waals surface area (Å²) >= 11 is 0. The Kier molecular flexibility index (Phi) is 8.02. The Morgan fingerprint density at radius 3 is 2.17 bits per heavy atom. The van der Waals surface area contributed by atoms with E-state index in [1.165, 1.54) is 62.3 Å². The Bertz CT molecular complexity index is 1230.